The first-order chi connectivity index (χ1) is 13.6. The van der Waals surface area contributed by atoms with Crippen LogP contribution in [-0.2, 0) is 7.05 Å². The number of hydrogen-bond donors (Lipinski definition) is 0. The molecule has 2 nitrogen and oxygen atoms in total. The van der Waals surface area contributed by atoms with Gasteiger partial charge in [-0.3, -0.25) is 0 Å². The molecule has 0 saturated carbocycles. The topological polar surface area (TPSA) is 17.0 Å². The lowest BCUT2D eigenvalue weighted by Crippen LogP contribution is -2.30. The van der Waals surface area contributed by atoms with Crippen molar-refractivity contribution < 1.29 is 13.4 Å². The third-order valence-electron chi connectivity index (χ3n) is 5.30. The van der Waals surface area contributed by atoms with Crippen LogP contribution in [0.25, 0.3) is 44.3 Å². The fraction of sp³-hybridized carbons (Fsp3) is 0.0800. The monoisotopic (exact) mass is 368 g/mol. The fourth-order valence-corrected chi connectivity index (χ4v) is 3.90. The first-order valence-corrected chi connectivity index (χ1v) is 9.29. The molecule has 0 fully saturated rings. The number of aromatic nitrogens is 1. The van der Waals surface area contributed by atoms with Crippen LogP contribution in [-0.4, -0.2) is 0 Å². The summed E-state index contributed by atoms with van der Waals surface area (Å²) in [5, 5.41) is 1.73. The van der Waals surface area contributed by atoms with Crippen molar-refractivity contribution in [2.75, 3.05) is 0 Å². The number of aryl methyl sites for hydroxylation is 2. The molecule has 0 unspecified atom stereocenters. The Labute approximate surface area is 162 Å². The van der Waals surface area contributed by atoms with Gasteiger partial charge in [-0.15, -0.1) is 0 Å². The number of halogens is 1. The number of rotatable bonds is 2. The Balaban J connectivity index is 1.84. The van der Waals surface area contributed by atoms with Crippen LogP contribution in [0.5, 0.6) is 0 Å². The molecule has 0 saturated heterocycles. The highest BCUT2D eigenvalue weighted by molar-refractivity contribution is 6.10. The number of furan rings is 1. The molecule has 0 aliphatic rings. The molecule has 0 aliphatic carbocycles. The van der Waals surface area contributed by atoms with E-state index in [1.807, 2.05) is 61.8 Å². The average molecular weight is 368 g/mol. The number of hydrogen-bond acceptors (Lipinski definition) is 1. The zero-order chi connectivity index (χ0) is 19.3. The maximum atomic E-state index is 14.5. The van der Waals surface area contributed by atoms with E-state index in [4.69, 9.17) is 4.42 Å². The molecule has 2 aromatic heterocycles. The van der Waals surface area contributed by atoms with Gasteiger partial charge in [-0.1, -0.05) is 30.3 Å². The van der Waals surface area contributed by atoms with Crippen LogP contribution in [0.15, 0.2) is 83.4 Å². The number of fused-ring (bicyclic) bond motifs is 3. The summed E-state index contributed by atoms with van der Waals surface area (Å²) in [5.41, 5.74) is 6.55. The van der Waals surface area contributed by atoms with E-state index >= 15 is 0 Å². The number of pyridine rings is 1. The third kappa shape index (κ3) is 2.59. The van der Waals surface area contributed by atoms with Crippen LogP contribution in [0.1, 0.15) is 5.56 Å². The maximum absolute atomic E-state index is 14.5. The minimum absolute atomic E-state index is 0.263. The van der Waals surface area contributed by atoms with Crippen LogP contribution < -0.4 is 4.57 Å². The summed E-state index contributed by atoms with van der Waals surface area (Å²) < 4.78 is 22.8. The van der Waals surface area contributed by atoms with E-state index < -0.39 is 0 Å². The second-order valence-electron chi connectivity index (χ2n) is 7.16. The Morgan fingerprint density at radius 3 is 2.39 bits per heavy atom. The Morgan fingerprint density at radius 1 is 0.821 bits per heavy atom. The Kier molecular flexibility index (Phi) is 3.76. The van der Waals surface area contributed by atoms with Crippen LogP contribution in [0.2, 0.25) is 0 Å². The Bertz CT molecular complexity index is 1340. The molecule has 28 heavy (non-hydrogen) atoms. The molecule has 2 heterocycles. The van der Waals surface area contributed by atoms with Gasteiger partial charge in [-0.05, 0) is 48.4 Å². The molecule has 0 atom stereocenters. The van der Waals surface area contributed by atoms with E-state index in [2.05, 4.69) is 23.6 Å². The lowest BCUT2D eigenvalue weighted by atomic mass is 9.99. The molecule has 5 aromatic rings. The lowest BCUT2D eigenvalue weighted by molar-refractivity contribution is -0.660. The number of benzene rings is 3. The molecule has 136 valence electrons. The smallest absolute Gasteiger partial charge is 0.212 e. The van der Waals surface area contributed by atoms with Crippen molar-refractivity contribution in [3.05, 3.63) is 90.4 Å². The van der Waals surface area contributed by atoms with Gasteiger partial charge in [0.25, 0.3) is 0 Å². The van der Waals surface area contributed by atoms with Gasteiger partial charge in [-0.2, -0.15) is 0 Å². The highest BCUT2D eigenvalue weighted by Crippen LogP contribution is 2.38. The molecule has 0 amide bonds. The predicted octanol–water partition coefficient (Wildman–Crippen LogP) is 6.19. The lowest BCUT2D eigenvalue weighted by Gasteiger charge is -2.04. The van der Waals surface area contributed by atoms with Crippen molar-refractivity contribution in [3.63, 3.8) is 0 Å². The summed E-state index contributed by atoms with van der Waals surface area (Å²) in [5.74, 6) is -0.263. The first-order valence-electron chi connectivity index (χ1n) is 9.29. The largest absolute Gasteiger partial charge is 0.455 e. The van der Waals surface area contributed by atoms with Gasteiger partial charge in [0.1, 0.15) is 24.0 Å². The molecule has 0 N–H and O–H groups in total. The van der Waals surface area contributed by atoms with Crippen molar-refractivity contribution >= 4 is 21.9 Å². The average Bonchev–Trinajstić information content (AvgIpc) is 3.05. The van der Waals surface area contributed by atoms with E-state index in [1.165, 1.54) is 0 Å². The Hall–Kier alpha value is -3.46. The van der Waals surface area contributed by atoms with Crippen molar-refractivity contribution in [2.24, 2.45) is 7.05 Å². The van der Waals surface area contributed by atoms with Crippen molar-refractivity contribution in [1.29, 1.82) is 0 Å². The zero-order valence-electron chi connectivity index (χ0n) is 15.7. The van der Waals surface area contributed by atoms with Crippen molar-refractivity contribution in [3.8, 4) is 22.4 Å². The normalized spacial score (nSPS) is 11.4. The van der Waals surface area contributed by atoms with E-state index in [-0.39, 0.29) is 5.82 Å². The molecule has 0 radical (unpaired) electrons. The minimum Gasteiger partial charge on any atom is -0.455 e. The van der Waals surface area contributed by atoms with Gasteiger partial charge in [0.05, 0.1) is 0 Å². The summed E-state index contributed by atoms with van der Waals surface area (Å²) in [7, 11) is 2.03. The summed E-state index contributed by atoms with van der Waals surface area (Å²) >= 11 is 0. The van der Waals surface area contributed by atoms with Crippen molar-refractivity contribution in [1.82, 2.24) is 0 Å². The third-order valence-corrected chi connectivity index (χ3v) is 5.30. The Morgan fingerprint density at radius 2 is 1.61 bits per heavy atom. The highest BCUT2D eigenvalue weighted by Gasteiger charge is 2.18. The molecule has 0 spiro atoms. The second kappa shape index (κ2) is 6.31. The maximum Gasteiger partial charge on any atom is 0.212 e. The molecule has 3 aromatic carbocycles. The van der Waals surface area contributed by atoms with Gasteiger partial charge in [0, 0.05) is 34.0 Å². The van der Waals surface area contributed by atoms with Crippen LogP contribution in [0, 0.1) is 12.7 Å². The highest BCUT2D eigenvalue weighted by atomic mass is 19.1. The van der Waals surface area contributed by atoms with Crippen molar-refractivity contribution in [2.45, 2.75) is 6.92 Å². The van der Waals surface area contributed by atoms with Crippen LogP contribution >= 0.6 is 0 Å². The fourth-order valence-electron chi connectivity index (χ4n) is 3.90. The van der Waals surface area contributed by atoms with Crippen LogP contribution in [0.3, 0.4) is 0 Å². The minimum atomic E-state index is -0.263. The summed E-state index contributed by atoms with van der Waals surface area (Å²) in [6.07, 6.45) is 2.03. The number of nitrogens with zero attached hydrogens (tertiary/aromatic N) is 1. The van der Waals surface area contributed by atoms with E-state index in [9.17, 15) is 4.39 Å². The van der Waals surface area contributed by atoms with Gasteiger partial charge in [0.15, 0.2) is 6.20 Å². The van der Waals surface area contributed by atoms with Gasteiger partial charge >= 0.3 is 0 Å². The van der Waals surface area contributed by atoms with Gasteiger partial charge in [-0.25, -0.2) is 8.96 Å². The first kappa shape index (κ1) is 16.7. The predicted molar refractivity (Wildman–Crippen MR) is 110 cm³/mol. The molecular formula is C25H19FNO+. The van der Waals surface area contributed by atoms with E-state index in [1.54, 1.807) is 12.1 Å². The quantitative estimate of drug-likeness (QED) is 0.339. The summed E-state index contributed by atoms with van der Waals surface area (Å²) in [6.45, 7) is 2.08. The molecule has 3 heteroatoms. The SMILES string of the molecule is Cc1cc2oc3c(-c4ccccc4)cc(F)cc3c2cc1-c1cccc[n+]1C. The second-order valence-corrected chi connectivity index (χ2v) is 7.16. The van der Waals surface area contributed by atoms with E-state index in [0.29, 0.717) is 0 Å². The summed E-state index contributed by atoms with van der Waals surface area (Å²) in [6, 6.07) is 23.2. The van der Waals surface area contributed by atoms with Gasteiger partial charge in [0.2, 0.25) is 5.69 Å². The standard InChI is InChI=1S/C25H19FNO/c1-16-12-24-21(15-19(16)23-10-6-7-11-27(23)2)22-14-18(26)13-20(25(22)28-24)17-8-4-3-5-9-17/h3-15H,1-2H3/q+1. The molecule has 5 rings (SSSR count). The zero-order valence-corrected chi connectivity index (χ0v) is 15.7. The molecular weight excluding hydrogens is 349 g/mol. The van der Waals surface area contributed by atoms with Gasteiger partial charge < -0.3 is 4.42 Å². The summed E-state index contributed by atoms with van der Waals surface area (Å²) in [4.78, 5) is 0. The van der Waals surface area contributed by atoms with E-state index in [0.717, 1.165) is 49.9 Å². The molecule has 0 bridgehead atoms. The molecule has 0 aliphatic heterocycles. The van der Waals surface area contributed by atoms with Crippen LogP contribution in [0.4, 0.5) is 4.39 Å².